The maximum absolute atomic E-state index is 12.6. The van der Waals surface area contributed by atoms with Gasteiger partial charge in [0.05, 0.1) is 0 Å². The second-order valence-corrected chi connectivity index (χ2v) is 10.8. The average Bonchev–Trinajstić information content (AvgIpc) is 2.75. The fourth-order valence-electron chi connectivity index (χ4n) is 5.33. The Morgan fingerprint density at radius 3 is 1.90 bits per heavy atom. The van der Waals surface area contributed by atoms with E-state index in [1.54, 1.807) is 0 Å². The zero-order valence-electron chi connectivity index (χ0n) is 20.4. The molecule has 3 rings (SSSR count). The van der Waals surface area contributed by atoms with Gasteiger partial charge in [0, 0.05) is 23.2 Å². The number of fused-ring (bicyclic) bond motifs is 1. The van der Waals surface area contributed by atoms with Crippen molar-refractivity contribution in [2.45, 2.75) is 72.6 Å². The third-order valence-electron chi connectivity index (χ3n) is 8.34. The van der Waals surface area contributed by atoms with E-state index in [-0.39, 0.29) is 33.7 Å². The van der Waals surface area contributed by atoms with Crippen molar-refractivity contribution in [1.29, 1.82) is 0 Å². The Kier molecular flexibility index (Phi) is 5.49. The van der Waals surface area contributed by atoms with Crippen LogP contribution in [0.3, 0.4) is 0 Å². The van der Waals surface area contributed by atoms with E-state index in [0.29, 0.717) is 29.6 Å². The molecule has 0 saturated carbocycles. The summed E-state index contributed by atoms with van der Waals surface area (Å²) in [5.41, 5.74) is 5.04. The summed E-state index contributed by atoms with van der Waals surface area (Å²) in [7, 11) is 1.85. The fourth-order valence-corrected chi connectivity index (χ4v) is 5.33. The van der Waals surface area contributed by atoms with Crippen molar-refractivity contribution < 1.29 is 15.0 Å². The van der Waals surface area contributed by atoms with Gasteiger partial charge in [-0.1, -0.05) is 58.7 Å². The van der Waals surface area contributed by atoms with Crippen molar-refractivity contribution in [2.75, 3.05) is 6.54 Å². The van der Waals surface area contributed by atoms with Crippen LogP contribution >= 0.6 is 0 Å². The smallest absolute Gasteiger partial charge is 0.251 e. The van der Waals surface area contributed by atoms with Crippen molar-refractivity contribution in [3.05, 3.63) is 51.6 Å². The number of carbonyl (C=O) groups is 1. The van der Waals surface area contributed by atoms with E-state index in [1.165, 1.54) is 0 Å². The largest absolute Gasteiger partial charge is 0.508 e. The molecular weight excluding hydrogens is 385 g/mol. The van der Waals surface area contributed by atoms with E-state index in [9.17, 15) is 15.0 Å². The van der Waals surface area contributed by atoms with Crippen LogP contribution in [-0.2, 0) is 17.3 Å². The van der Waals surface area contributed by atoms with Gasteiger partial charge in [-0.15, -0.1) is 0 Å². The molecule has 0 unspecified atom stereocenters. The van der Waals surface area contributed by atoms with Gasteiger partial charge in [-0.25, -0.2) is 0 Å². The van der Waals surface area contributed by atoms with Crippen molar-refractivity contribution in [2.24, 2.45) is 5.41 Å². The number of hydrogen-bond acceptors (Lipinski definition) is 3. The first-order chi connectivity index (χ1) is 14.1. The van der Waals surface area contributed by atoms with Crippen LogP contribution in [0.2, 0.25) is 0 Å². The average molecular weight is 421 g/mol. The number of hydrogen-bond donors (Lipinski definition) is 3. The van der Waals surface area contributed by atoms with Crippen LogP contribution in [0.5, 0.6) is 11.5 Å². The number of carbonyl (C=O) groups excluding carboxylic acids is 1. The Labute approximate surface area is 187 Å². The normalized spacial score (nSPS) is 17.9. The first-order valence-corrected chi connectivity index (χ1v) is 11.1. The lowest BCUT2D eigenvalue weighted by Gasteiger charge is -2.44. The summed E-state index contributed by atoms with van der Waals surface area (Å²) in [6, 6.07) is 5.79. The molecule has 1 aliphatic carbocycles. The first kappa shape index (κ1) is 23.2. The predicted molar refractivity (Wildman–Crippen MR) is 130 cm³/mol. The fraction of sp³-hybridized carbons (Fsp3) is 0.500. The molecule has 0 aliphatic heterocycles. The highest BCUT2D eigenvalue weighted by Crippen LogP contribution is 2.65. The number of amides is 1. The Morgan fingerprint density at radius 1 is 0.903 bits per heavy atom. The van der Waals surface area contributed by atoms with Gasteiger partial charge >= 0.3 is 0 Å². The zero-order chi connectivity index (χ0) is 23.5. The highest BCUT2D eigenvalue weighted by atomic mass is 16.3. The second kappa shape index (κ2) is 7.32. The maximum Gasteiger partial charge on any atom is 0.251 e. The molecule has 4 nitrogen and oxygen atoms in total. The number of benzene rings is 2. The third kappa shape index (κ3) is 3.33. The first-order valence-electron chi connectivity index (χ1n) is 11.1. The molecule has 0 atom stereocenters. The lowest BCUT2D eigenvalue weighted by Crippen LogP contribution is -2.42. The molecule has 0 fully saturated rings. The number of phenols is 2. The molecule has 1 amide bonds. The summed E-state index contributed by atoms with van der Waals surface area (Å²) in [6.07, 6.45) is 0.450. The van der Waals surface area contributed by atoms with Gasteiger partial charge in [0.2, 0.25) is 0 Å². The second-order valence-electron chi connectivity index (χ2n) is 10.8. The highest BCUT2D eigenvalue weighted by molar-refractivity contribution is 6.36. The monoisotopic (exact) mass is 421 g/mol. The summed E-state index contributed by atoms with van der Waals surface area (Å²) >= 11 is 0. The van der Waals surface area contributed by atoms with E-state index in [4.69, 9.17) is 0 Å². The number of aromatic hydroxyl groups is 2. The van der Waals surface area contributed by atoms with Gasteiger partial charge in [-0.05, 0) is 59.7 Å². The molecule has 5 heteroatoms. The van der Waals surface area contributed by atoms with Gasteiger partial charge in [-0.3, -0.25) is 4.79 Å². The van der Waals surface area contributed by atoms with Crippen LogP contribution in [0.1, 0.15) is 79.7 Å². The lowest BCUT2D eigenvalue weighted by atomic mass is 9.59. The molecular formula is C26H36BNO3. The van der Waals surface area contributed by atoms with Crippen LogP contribution in [0.4, 0.5) is 0 Å². The highest BCUT2D eigenvalue weighted by Gasteiger charge is 2.59. The van der Waals surface area contributed by atoms with Crippen LogP contribution in [0, 0.1) is 19.3 Å². The minimum Gasteiger partial charge on any atom is -0.508 e. The summed E-state index contributed by atoms with van der Waals surface area (Å²) in [5.74, 6) is 0.401. The standard InChI is InChI=1S/C26H36BNO3/c1-14-11-15(2)13-16(12-14)23(31)28-10-9-17-20(27)22(30)19-18(21(17)29)24(3,4)26(7,8)25(19,5)6/h11-13,29-30H,9-10,27H2,1-8H3,(H,28,31). The molecule has 2 aromatic carbocycles. The van der Waals surface area contributed by atoms with Crippen LogP contribution < -0.4 is 10.8 Å². The molecule has 2 aromatic rings. The van der Waals surface area contributed by atoms with Gasteiger partial charge in [0.15, 0.2) is 0 Å². The van der Waals surface area contributed by atoms with E-state index in [1.807, 2.05) is 39.9 Å². The minimum absolute atomic E-state index is 0.128. The van der Waals surface area contributed by atoms with Crippen LogP contribution in [0.25, 0.3) is 0 Å². The van der Waals surface area contributed by atoms with E-state index >= 15 is 0 Å². The molecule has 0 bridgehead atoms. The molecule has 0 spiro atoms. The SMILES string of the molecule is Bc1c(O)c2c(c(O)c1CCNC(=O)c1cc(C)cc(C)c1)C(C)(C)C(C)(C)C2(C)C. The maximum atomic E-state index is 12.6. The molecule has 0 saturated heterocycles. The zero-order valence-corrected chi connectivity index (χ0v) is 20.4. The van der Waals surface area contributed by atoms with Crippen LogP contribution in [-0.4, -0.2) is 30.5 Å². The summed E-state index contributed by atoms with van der Waals surface area (Å²) < 4.78 is 0. The van der Waals surface area contributed by atoms with Crippen molar-refractivity contribution in [3.63, 3.8) is 0 Å². The molecule has 0 aromatic heterocycles. The molecule has 3 N–H and O–H groups in total. The Bertz CT molecular complexity index is 1050. The van der Waals surface area contributed by atoms with E-state index in [2.05, 4.69) is 46.9 Å². The molecule has 0 heterocycles. The van der Waals surface area contributed by atoms with Crippen molar-refractivity contribution in [1.82, 2.24) is 5.32 Å². The summed E-state index contributed by atoms with van der Waals surface area (Å²) in [4.78, 5) is 12.6. The van der Waals surface area contributed by atoms with Gasteiger partial charge in [0.25, 0.3) is 5.91 Å². The molecule has 166 valence electrons. The number of nitrogens with one attached hydrogen (secondary N) is 1. The number of rotatable bonds is 4. The number of phenolic OH excluding ortho intramolecular Hbond substituents is 2. The Balaban J connectivity index is 1.93. The van der Waals surface area contributed by atoms with E-state index < -0.39 is 0 Å². The molecule has 1 aliphatic rings. The Hall–Kier alpha value is -2.43. The van der Waals surface area contributed by atoms with Gasteiger partial charge in [0.1, 0.15) is 19.3 Å². The summed E-state index contributed by atoms with van der Waals surface area (Å²) in [5, 5.41) is 25.5. The van der Waals surface area contributed by atoms with Crippen LogP contribution in [0.15, 0.2) is 18.2 Å². The lowest BCUT2D eigenvalue weighted by molar-refractivity contribution is 0.0954. The quantitative estimate of drug-likeness (QED) is 0.523. The predicted octanol–water partition coefficient (Wildman–Crippen LogP) is 3.54. The van der Waals surface area contributed by atoms with Gasteiger partial charge in [-0.2, -0.15) is 0 Å². The summed E-state index contributed by atoms with van der Waals surface area (Å²) in [6.45, 7) is 17.3. The molecule has 31 heavy (non-hydrogen) atoms. The minimum atomic E-state index is -0.321. The molecule has 0 radical (unpaired) electrons. The van der Waals surface area contributed by atoms with Crippen molar-refractivity contribution in [3.8, 4) is 11.5 Å². The van der Waals surface area contributed by atoms with Crippen molar-refractivity contribution >= 4 is 19.2 Å². The van der Waals surface area contributed by atoms with E-state index in [0.717, 1.165) is 22.3 Å². The Morgan fingerprint density at radius 2 is 1.39 bits per heavy atom. The van der Waals surface area contributed by atoms with Gasteiger partial charge < -0.3 is 15.5 Å². The number of aryl methyl sites for hydroxylation is 2. The topological polar surface area (TPSA) is 69.6 Å². The third-order valence-corrected chi connectivity index (χ3v) is 8.34.